The van der Waals surface area contributed by atoms with E-state index in [0.717, 1.165) is 6.92 Å². The zero-order valence-corrected chi connectivity index (χ0v) is 25.5. The number of fused-ring (bicyclic) bond motifs is 1. The number of esters is 4. The molecular formula is C33H38O11. The van der Waals surface area contributed by atoms with Gasteiger partial charge in [0.25, 0.3) is 0 Å². The molecule has 1 heterocycles. The van der Waals surface area contributed by atoms with Crippen LogP contribution in [0, 0.1) is 11.3 Å². The first-order valence-electron chi connectivity index (χ1n) is 14.5. The lowest BCUT2D eigenvalue weighted by Gasteiger charge is -2.66. The molecule has 236 valence electrons. The van der Waals surface area contributed by atoms with Crippen molar-refractivity contribution in [3.63, 3.8) is 0 Å². The van der Waals surface area contributed by atoms with Gasteiger partial charge in [0.2, 0.25) is 0 Å². The highest BCUT2D eigenvalue weighted by atomic mass is 16.6. The van der Waals surface area contributed by atoms with Crippen LogP contribution < -0.4 is 0 Å². The van der Waals surface area contributed by atoms with Crippen LogP contribution in [0.5, 0.6) is 0 Å². The minimum atomic E-state index is -2.27. The van der Waals surface area contributed by atoms with E-state index in [1.807, 2.05) is 0 Å². The van der Waals surface area contributed by atoms with Gasteiger partial charge in [0.1, 0.15) is 30.0 Å². The van der Waals surface area contributed by atoms with Crippen LogP contribution in [-0.4, -0.2) is 81.4 Å². The summed E-state index contributed by atoms with van der Waals surface area (Å²) in [7, 11) is 0. The second-order valence-corrected chi connectivity index (χ2v) is 12.7. The number of benzene rings is 2. The first-order valence-corrected chi connectivity index (χ1v) is 14.5. The average Bonchev–Trinajstić information content (AvgIpc) is 3.15. The van der Waals surface area contributed by atoms with Gasteiger partial charge < -0.3 is 33.9 Å². The molecule has 0 amide bonds. The summed E-state index contributed by atoms with van der Waals surface area (Å²) in [5.74, 6) is -3.67. The van der Waals surface area contributed by atoms with E-state index in [-0.39, 0.29) is 17.5 Å². The van der Waals surface area contributed by atoms with Gasteiger partial charge in [-0.3, -0.25) is 9.59 Å². The average molecular weight is 611 g/mol. The fourth-order valence-corrected chi connectivity index (χ4v) is 7.72. The van der Waals surface area contributed by atoms with Gasteiger partial charge in [0.15, 0.2) is 11.7 Å². The Hall–Kier alpha value is -3.80. The van der Waals surface area contributed by atoms with E-state index in [1.54, 1.807) is 69.3 Å². The van der Waals surface area contributed by atoms with Gasteiger partial charge in [0.05, 0.1) is 22.1 Å². The first-order chi connectivity index (χ1) is 20.6. The molecule has 0 radical (unpaired) electrons. The maximum atomic E-state index is 13.6. The summed E-state index contributed by atoms with van der Waals surface area (Å²) in [5, 5.41) is 24.4. The molecule has 11 heteroatoms. The quantitative estimate of drug-likeness (QED) is 0.366. The smallest absolute Gasteiger partial charge is 0.338 e. The van der Waals surface area contributed by atoms with Crippen molar-refractivity contribution in [2.24, 2.45) is 11.3 Å². The second-order valence-electron chi connectivity index (χ2n) is 12.7. The van der Waals surface area contributed by atoms with E-state index in [1.165, 1.54) is 26.0 Å². The largest absolute Gasteiger partial charge is 0.459 e. The molecular weight excluding hydrogens is 572 g/mol. The Labute approximate surface area is 255 Å². The Morgan fingerprint density at radius 1 is 0.727 bits per heavy atom. The second kappa shape index (κ2) is 11.0. The summed E-state index contributed by atoms with van der Waals surface area (Å²) in [6.07, 6.45) is -7.41. The van der Waals surface area contributed by atoms with Crippen molar-refractivity contribution in [1.82, 2.24) is 0 Å². The Bertz CT molecular complexity index is 1440. The van der Waals surface area contributed by atoms with E-state index >= 15 is 0 Å². The highest BCUT2D eigenvalue weighted by molar-refractivity contribution is 5.90. The molecule has 1 saturated heterocycles. The molecule has 11 nitrogen and oxygen atoms in total. The summed E-state index contributed by atoms with van der Waals surface area (Å²) in [6, 6.07) is 16.3. The van der Waals surface area contributed by atoms with Crippen LogP contribution in [0.25, 0.3) is 0 Å². The fraction of sp³-hybridized carbons (Fsp3) is 0.515. The standard InChI is InChI=1S/C33H38O11/c1-18(34)40-25-22-17-23(42-28(37)20-13-9-7-10-14-20)31(5)26(43-29(38)21-15-11-8-12-16-21)24(36)27(41-19(2)35)32(6,39)33(25,31)44-30(22,3)4/h7-16,22-27,36,39H,17H2,1-6H3. The number of ether oxygens (including phenoxy) is 5. The van der Waals surface area contributed by atoms with Crippen LogP contribution in [-0.2, 0) is 33.3 Å². The summed E-state index contributed by atoms with van der Waals surface area (Å²) < 4.78 is 30.4. The van der Waals surface area contributed by atoms with Crippen molar-refractivity contribution < 1.29 is 53.1 Å². The molecule has 2 saturated carbocycles. The number of carbonyl (C=O) groups excluding carboxylic acids is 4. The normalized spacial score (nSPS) is 36.8. The van der Waals surface area contributed by atoms with Crippen molar-refractivity contribution in [3.05, 3.63) is 71.8 Å². The van der Waals surface area contributed by atoms with E-state index in [0.29, 0.717) is 0 Å². The van der Waals surface area contributed by atoms with Gasteiger partial charge in [0, 0.05) is 19.8 Å². The van der Waals surface area contributed by atoms with Crippen LogP contribution in [0.3, 0.4) is 0 Å². The number of aliphatic hydroxyl groups is 2. The lowest BCUT2D eigenvalue weighted by Crippen LogP contribution is -2.85. The van der Waals surface area contributed by atoms with Crippen LogP contribution in [0.1, 0.15) is 68.7 Å². The molecule has 2 aromatic rings. The topological polar surface area (TPSA) is 155 Å². The van der Waals surface area contributed by atoms with Gasteiger partial charge >= 0.3 is 23.9 Å². The van der Waals surface area contributed by atoms with E-state index in [4.69, 9.17) is 23.7 Å². The van der Waals surface area contributed by atoms with Gasteiger partial charge in [-0.05, 0) is 58.4 Å². The maximum absolute atomic E-state index is 13.6. The molecule has 44 heavy (non-hydrogen) atoms. The van der Waals surface area contributed by atoms with Crippen LogP contribution >= 0.6 is 0 Å². The lowest BCUT2D eigenvalue weighted by molar-refractivity contribution is -0.368. The third-order valence-corrected chi connectivity index (χ3v) is 9.63. The van der Waals surface area contributed by atoms with Crippen molar-refractivity contribution >= 4 is 23.9 Å². The molecule has 2 aliphatic carbocycles. The molecule has 0 aromatic heterocycles. The van der Waals surface area contributed by atoms with Gasteiger partial charge in [-0.15, -0.1) is 0 Å². The van der Waals surface area contributed by atoms with Gasteiger partial charge in [-0.2, -0.15) is 0 Å². The number of hydrogen-bond donors (Lipinski definition) is 2. The van der Waals surface area contributed by atoms with Crippen LogP contribution in [0.4, 0.5) is 0 Å². The molecule has 9 unspecified atom stereocenters. The zero-order chi connectivity index (χ0) is 32.2. The third kappa shape index (κ3) is 4.69. The monoisotopic (exact) mass is 610 g/mol. The number of rotatable bonds is 6. The van der Waals surface area contributed by atoms with Crippen molar-refractivity contribution in [2.45, 2.75) is 95.3 Å². The minimum Gasteiger partial charge on any atom is -0.459 e. The highest BCUT2D eigenvalue weighted by Crippen LogP contribution is 2.69. The SMILES string of the molecule is CC(=O)OC1C(O)C(OC(=O)c2ccccc2)C2(C)C(OC(=O)c3ccccc3)CC3C(OC(C)=O)C2(OC3(C)C)C1(C)O. The minimum absolute atomic E-state index is 0.0577. The van der Waals surface area contributed by atoms with E-state index < -0.39 is 82.5 Å². The van der Waals surface area contributed by atoms with Crippen molar-refractivity contribution in [3.8, 4) is 0 Å². The predicted octanol–water partition coefficient (Wildman–Crippen LogP) is 3.00. The van der Waals surface area contributed by atoms with Crippen molar-refractivity contribution in [2.75, 3.05) is 0 Å². The maximum Gasteiger partial charge on any atom is 0.338 e. The Morgan fingerprint density at radius 3 is 1.70 bits per heavy atom. The van der Waals surface area contributed by atoms with Gasteiger partial charge in [-0.25, -0.2) is 9.59 Å². The van der Waals surface area contributed by atoms with Crippen LogP contribution in [0.2, 0.25) is 0 Å². The Kier molecular flexibility index (Phi) is 7.89. The Morgan fingerprint density at radius 2 is 1.20 bits per heavy atom. The summed E-state index contributed by atoms with van der Waals surface area (Å²) >= 11 is 0. The van der Waals surface area contributed by atoms with Gasteiger partial charge in [-0.1, -0.05) is 36.4 Å². The highest BCUT2D eigenvalue weighted by Gasteiger charge is 2.86. The molecule has 2 aromatic carbocycles. The fourth-order valence-electron chi connectivity index (χ4n) is 7.72. The molecule has 5 rings (SSSR count). The summed E-state index contributed by atoms with van der Waals surface area (Å²) in [6.45, 7) is 8.69. The zero-order valence-electron chi connectivity index (χ0n) is 25.5. The number of carbonyl (C=O) groups is 4. The number of aliphatic hydroxyl groups excluding tert-OH is 1. The molecule has 9 atom stereocenters. The first kappa shape index (κ1) is 31.6. The molecule has 2 N–H and O–H groups in total. The summed E-state index contributed by atoms with van der Waals surface area (Å²) in [5.41, 5.74) is -6.76. The predicted molar refractivity (Wildman–Crippen MR) is 153 cm³/mol. The van der Waals surface area contributed by atoms with E-state index in [9.17, 15) is 29.4 Å². The molecule has 3 aliphatic rings. The molecule has 1 aliphatic heterocycles. The van der Waals surface area contributed by atoms with E-state index in [2.05, 4.69) is 0 Å². The number of hydrogen-bond acceptors (Lipinski definition) is 11. The molecule has 1 spiro atoms. The summed E-state index contributed by atoms with van der Waals surface area (Å²) in [4.78, 5) is 52.0. The third-order valence-electron chi connectivity index (χ3n) is 9.63. The Balaban J connectivity index is 1.75. The molecule has 2 bridgehead atoms. The van der Waals surface area contributed by atoms with Crippen LogP contribution in [0.15, 0.2) is 60.7 Å². The molecule has 3 fully saturated rings. The van der Waals surface area contributed by atoms with Crippen molar-refractivity contribution in [1.29, 1.82) is 0 Å². The lowest BCUT2D eigenvalue weighted by atomic mass is 9.46.